The number of benzene rings is 2. The first kappa shape index (κ1) is 27.4. The summed E-state index contributed by atoms with van der Waals surface area (Å²) in [6.45, 7) is 9.10. The van der Waals surface area contributed by atoms with Gasteiger partial charge in [0, 0.05) is 34.5 Å². The number of ketones is 2. The van der Waals surface area contributed by atoms with Crippen LogP contribution in [0.2, 0.25) is 0 Å². The Morgan fingerprint density at radius 3 is 2.03 bits per heavy atom. The molecule has 0 saturated heterocycles. The van der Waals surface area contributed by atoms with Crippen LogP contribution in [0.4, 0.5) is 10.5 Å². The third kappa shape index (κ3) is 6.06. The minimum Gasteiger partial charge on any atom is -0.444 e. The van der Waals surface area contributed by atoms with Gasteiger partial charge in [-0.2, -0.15) is 0 Å². The van der Waals surface area contributed by atoms with E-state index in [-0.39, 0.29) is 35.5 Å². The Bertz CT molecular complexity index is 1240. The van der Waals surface area contributed by atoms with Gasteiger partial charge in [0.05, 0.1) is 5.56 Å². The predicted octanol–water partition coefficient (Wildman–Crippen LogP) is 4.85. The molecule has 1 saturated carbocycles. The van der Waals surface area contributed by atoms with Gasteiger partial charge in [-0.05, 0) is 58.4 Å². The summed E-state index contributed by atoms with van der Waals surface area (Å²) in [5.74, 6) is -0.598. The molecule has 0 unspecified atom stereocenters. The summed E-state index contributed by atoms with van der Waals surface area (Å²) in [4.78, 5) is 51.5. The van der Waals surface area contributed by atoms with Crippen molar-refractivity contribution >= 4 is 29.3 Å². The summed E-state index contributed by atoms with van der Waals surface area (Å²) in [7, 11) is 0. The van der Waals surface area contributed by atoms with Gasteiger partial charge >= 0.3 is 6.09 Å². The molecule has 0 spiro atoms. The fraction of sp³-hybridized carbons (Fsp3) is 0.467. The van der Waals surface area contributed by atoms with Gasteiger partial charge in [0.25, 0.3) is 0 Å². The maximum absolute atomic E-state index is 13.3. The lowest BCUT2D eigenvalue weighted by atomic mass is 9.83. The van der Waals surface area contributed by atoms with E-state index in [9.17, 15) is 19.2 Å². The Morgan fingerprint density at radius 1 is 0.842 bits per heavy atom. The van der Waals surface area contributed by atoms with Crippen LogP contribution < -0.4 is 16.0 Å². The van der Waals surface area contributed by atoms with E-state index in [1.165, 1.54) is 0 Å². The summed E-state index contributed by atoms with van der Waals surface area (Å²) < 4.78 is 5.32. The zero-order chi connectivity index (χ0) is 27.6. The average Bonchev–Trinajstić information content (AvgIpc) is 2.85. The largest absolute Gasteiger partial charge is 0.444 e. The van der Waals surface area contributed by atoms with Crippen molar-refractivity contribution in [3.05, 3.63) is 64.7 Å². The molecule has 0 radical (unpaired) electrons. The molecule has 0 aliphatic heterocycles. The van der Waals surface area contributed by atoms with Gasteiger partial charge < -0.3 is 20.7 Å². The lowest BCUT2D eigenvalue weighted by molar-refractivity contribution is -0.125. The standard InChI is InChI=1S/C30H37N3O5/c1-17(2)25(33-29(37)38-30(3,4)5)28(36)32-19-15-13-18(14-16-19)31-23-12-8-11-22-24(23)27(35)21-10-7-6-9-20(21)26(22)34/h6-12,17-19,25,31H,13-16H2,1-5H3,(H,32,36)(H,33,37)/t18?,19?,25-/m1/s1. The van der Waals surface area contributed by atoms with E-state index < -0.39 is 17.7 Å². The SMILES string of the molecule is CC(C)[C@@H](NC(=O)OC(C)(C)C)C(=O)NC1CCC(Nc2cccc3c2C(=O)c2ccccc2C3=O)CC1. The van der Waals surface area contributed by atoms with Crippen molar-refractivity contribution in [1.82, 2.24) is 10.6 Å². The van der Waals surface area contributed by atoms with Crippen molar-refractivity contribution < 1.29 is 23.9 Å². The van der Waals surface area contributed by atoms with Gasteiger partial charge in [0.1, 0.15) is 11.6 Å². The van der Waals surface area contributed by atoms with E-state index in [0.29, 0.717) is 27.9 Å². The Labute approximate surface area is 223 Å². The number of hydrogen-bond donors (Lipinski definition) is 3. The van der Waals surface area contributed by atoms with Crippen LogP contribution in [-0.4, -0.2) is 47.3 Å². The van der Waals surface area contributed by atoms with Crippen LogP contribution in [0.1, 0.15) is 92.1 Å². The molecule has 2 aromatic rings. The molecule has 2 aliphatic carbocycles. The fourth-order valence-electron chi connectivity index (χ4n) is 5.13. The summed E-state index contributed by atoms with van der Waals surface area (Å²) in [5, 5.41) is 9.29. The first-order chi connectivity index (χ1) is 17.9. The first-order valence-electron chi connectivity index (χ1n) is 13.3. The molecule has 2 aromatic carbocycles. The molecule has 3 N–H and O–H groups in total. The third-order valence-electron chi connectivity index (χ3n) is 7.01. The van der Waals surface area contributed by atoms with Crippen LogP contribution in [-0.2, 0) is 9.53 Å². The second-order valence-corrected chi connectivity index (χ2v) is 11.5. The Kier molecular flexibility index (Phi) is 7.90. The van der Waals surface area contributed by atoms with E-state index in [4.69, 9.17) is 4.74 Å². The highest BCUT2D eigenvalue weighted by Gasteiger charge is 2.33. The Balaban J connectivity index is 1.36. The van der Waals surface area contributed by atoms with Crippen LogP contribution >= 0.6 is 0 Å². The van der Waals surface area contributed by atoms with Gasteiger partial charge in [-0.15, -0.1) is 0 Å². The van der Waals surface area contributed by atoms with Gasteiger partial charge in [0.2, 0.25) is 5.91 Å². The molecule has 2 amide bonds. The molecular weight excluding hydrogens is 482 g/mol. The maximum atomic E-state index is 13.3. The number of anilines is 1. The number of carbonyl (C=O) groups excluding carboxylic acids is 4. The highest BCUT2D eigenvalue weighted by Crippen LogP contribution is 2.33. The summed E-state index contributed by atoms with van der Waals surface area (Å²) in [6, 6.07) is 11.7. The Morgan fingerprint density at radius 2 is 1.42 bits per heavy atom. The predicted molar refractivity (Wildman–Crippen MR) is 146 cm³/mol. The van der Waals surface area contributed by atoms with E-state index >= 15 is 0 Å². The van der Waals surface area contributed by atoms with Gasteiger partial charge in [-0.3, -0.25) is 14.4 Å². The Hall–Kier alpha value is -3.68. The number of amides is 2. The minimum absolute atomic E-state index is 0.0120. The topological polar surface area (TPSA) is 114 Å². The van der Waals surface area contributed by atoms with Crippen LogP contribution in [0.5, 0.6) is 0 Å². The lowest BCUT2D eigenvalue weighted by Crippen LogP contribution is -2.53. The molecule has 1 atom stereocenters. The van der Waals surface area contributed by atoms with E-state index in [1.807, 2.05) is 19.9 Å². The number of hydrogen-bond acceptors (Lipinski definition) is 6. The molecule has 38 heavy (non-hydrogen) atoms. The quantitative estimate of drug-likeness (QED) is 0.429. The average molecular weight is 520 g/mol. The number of fused-ring (bicyclic) bond motifs is 2. The van der Waals surface area contributed by atoms with Crippen LogP contribution in [0.25, 0.3) is 0 Å². The van der Waals surface area contributed by atoms with Crippen molar-refractivity contribution in [2.75, 3.05) is 5.32 Å². The highest BCUT2D eigenvalue weighted by molar-refractivity contribution is 6.30. The normalized spacial score (nSPS) is 19.7. The second kappa shape index (κ2) is 11.0. The first-order valence-corrected chi connectivity index (χ1v) is 13.3. The van der Waals surface area contributed by atoms with Crippen LogP contribution in [0.3, 0.4) is 0 Å². The summed E-state index contributed by atoms with van der Waals surface area (Å²) >= 11 is 0. The van der Waals surface area contributed by atoms with E-state index in [1.54, 1.807) is 57.2 Å². The number of carbonyl (C=O) groups is 4. The molecule has 2 aliphatic rings. The summed E-state index contributed by atoms with van der Waals surface area (Å²) in [6.07, 6.45) is 2.48. The zero-order valence-corrected chi connectivity index (χ0v) is 22.7. The van der Waals surface area contributed by atoms with Crippen LogP contribution in [0.15, 0.2) is 42.5 Å². The highest BCUT2D eigenvalue weighted by atomic mass is 16.6. The molecule has 0 aromatic heterocycles. The summed E-state index contributed by atoms with van der Waals surface area (Å²) in [5.41, 5.74) is 1.76. The lowest BCUT2D eigenvalue weighted by Gasteiger charge is -2.33. The van der Waals surface area contributed by atoms with Crippen molar-refractivity contribution in [3.63, 3.8) is 0 Å². The number of nitrogens with one attached hydrogen (secondary N) is 3. The molecule has 0 heterocycles. The van der Waals surface area contributed by atoms with Gasteiger partial charge in [-0.25, -0.2) is 4.79 Å². The number of ether oxygens (including phenoxy) is 1. The maximum Gasteiger partial charge on any atom is 0.408 e. The number of alkyl carbamates (subject to hydrolysis) is 1. The van der Waals surface area contributed by atoms with Crippen molar-refractivity contribution in [3.8, 4) is 0 Å². The molecule has 202 valence electrons. The van der Waals surface area contributed by atoms with Crippen molar-refractivity contribution in [2.45, 2.75) is 84.0 Å². The fourth-order valence-corrected chi connectivity index (χ4v) is 5.13. The van der Waals surface area contributed by atoms with E-state index in [2.05, 4.69) is 16.0 Å². The minimum atomic E-state index is -0.692. The molecule has 1 fully saturated rings. The zero-order valence-electron chi connectivity index (χ0n) is 22.7. The molecule has 4 rings (SSSR count). The van der Waals surface area contributed by atoms with E-state index in [0.717, 1.165) is 25.7 Å². The number of rotatable bonds is 6. The van der Waals surface area contributed by atoms with Gasteiger partial charge in [0.15, 0.2) is 11.6 Å². The molecule has 8 nitrogen and oxygen atoms in total. The van der Waals surface area contributed by atoms with Gasteiger partial charge in [-0.1, -0.05) is 50.2 Å². The van der Waals surface area contributed by atoms with Crippen molar-refractivity contribution in [1.29, 1.82) is 0 Å². The molecule has 0 bridgehead atoms. The smallest absolute Gasteiger partial charge is 0.408 e. The molecule has 8 heteroatoms. The van der Waals surface area contributed by atoms with Crippen molar-refractivity contribution in [2.24, 2.45) is 5.92 Å². The second-order valence-electron chi connectivity index (χ2n) is 11.5. The van der Waals surface area contributed by atoms with Crippen LogP contribution in [0, 0.1) is 5.92 Å². The third-order valence-corrected chi connectivity index (χ3v) is 7.01. The monoisotopic (exact) mass is 519 g/mol. The molecular formula is C30H37N3O5.